The van der Waals surface area contributed by atoms with Gasteiger partial charge in [0.1, 0.15) is 11.5 Å². The number of ether oxygens (including phenoxy) is 3. The molecule has 0 unspecified atom stereocenters. The Hall–Kier alpha value is -3.36. The molecule has 0 radical (unpaired) electrons. The first-order valence-corrected chi connectivity index (χ1v) is 14.9. The van der Waals surface area contributed by atoms with Crippen LogP contribution in [0.5, 0.6) is 11.5 Å². The van der Waals surface area contributed by atoms with Crippen LogP contribution in [0.3, 0.4) is 0 Å². The van der Waals surface area contributed by atoms with Crippen molar-refractivity contribution in [3.63, 3.8) is 0 Å². The summed E-state index contributed by atoms with van der Waals surface area (Å²) < 4.78 is 45.4. The Bertz CT molecular complexity index is 1460. The number of hydrogen-bond acceptors (Lipinski definition) is 6. The van der Waals surface area contributed by atoms with Gasteiger partial charge >= 0.3 is 5.97 Å². The number of methoxy groups -OCH3 is 1. The number of benzene rings is 3. The summed E-state index contributed by atoms with van der Waals surface area (Å²) in [6.45, 7) is 4.37. The molecule has 0 aromatic heterocycles. The fourth-order valence-corrected chi connectivity index (χ4v) is 7.55. The van der Waals surface area contributed by atoms with Crippen molar-refractivity contribution >= 4 is 16.0 Å². The normalized spacial score (nSPS) is 16.6. The summed E-state index contributed by atoms with van der Waals surface area (Å²) in [7, 11) is -2.12. The Morgan fingerprint density at radius 2 is 1.69 bits per heavy atom. The molecule has 8 heteroatoms. The molecule has 7 nitrogen and oxygen atoms in total. The summed E-state index contributed by atoms with van der Waals surface area (Å²) in [5, 5.41) is 0. The molecule has 206 valence electrons. The molecule has 1 heterocycles. The van der Waals surface area contributed by atoms with Gasteiger partial charge in [-0.15, -0.1) is 0 Å². The molecule has 3 aromatic rings. The van der Waals surface area contributed by atoms with E-state index in [1.54, 1.807) is 43.5 Å². The summed E-state index contributed by atoms with van der Waals surface area (Å²) in [6, 6.07) is 19.2. The summed E-state index contributed by atoms with van der Waals surface area (Å²) in [4.78, 5) is 11.9. The molecular weight excluding hydrogens is 514 g/mol. The average Bonchev–Trinajstić information content (AvgIpc) is 3.40. The lowest BCUT2D eigenvalue weighted by atomic mass is 9.74. The van der Waals surface area contributed by atoms with Crippen LogP contribution in [0, 0.1) is 6.92 Å². The predicted octanol–water partition coefficient (Wildman–Crippen LogP) is 5.63. The Balaban J connectivity index is 1.45. The maximum atomic E-state index is 14.0. The smallest absolute Gasteiger partial charge is 0.344 e. The predicted molar refractivity (Wildman–Crippen MR) is 149 cm³/mol. The lowest BCUT2D eigenvalue weighted by Crippen LogP contribution is -2.46. The molecule has 1 saturated carbocycles. The van der Waals surface area contributed by atoms with E-state index in [4.69, 9.17) is 14.2 Å². The zero-order valence-electron chi connectivity index (χ0n) is 22.7. The van der Waals surface area contributed by atoms with Crippen molar-refractivity contribution in [2.24, 2.45) is 0 Å². The lowest BCUT2D eigenvalue weighted by molar-refractivity contribution is -0.145. The van der Waals surface area contributed by atoms with Crippen LogP contribution in [0.15, 0.2) is 65.6 Å². The highest BCUT2D eigenvalue weighted by molar-refractivity contribution is 7.89. The second kappa shape index (κ2) is 11.0. The van der Waals surface area contributed by atoms with E-state index in [1.807, 2.05) is 24.3 Å². The van der Waals surface area contributed by atoms with E-state index in [1.165, 1.54) is 5.56 Å². The second-order valence-corrected chi connectivity index (χ2v) is 12.3. The number of carbonyl (C=O) groups excluding carboxylic acids is 1. The Morgan fingerprint density at radius 1 is 0.974 bits per heavy atom. The zero-order chi connectivity index (χ0) is 27.6. The molecule has 0 amide bonds. The van der Waals surface area contributed by atoms with Crippen LogP contribution in [0.1, 0.15) is 49.3 Å². The number of hydrogen-bond donors (Lipinski definition) is 0. The first-order chi connectivity index (χ1) is 18.8. The SMILES string of the molecule is CCOC(=O)COc1ccc(S(=O)(=O)N2Cc3cc(-c4ccc(OC)cc4)ccc3C3(CCCC3)C2)cc1C. The molecule has 3 aromatic carbocycles. The summed E-state index contributed by atoms with van der Waals surface area (Å²) >= 11 is 0. The lowest BCUT2D eigenvalue weighted by Gasteiger charge is -2.41. The molecular formula is C31H35NO6S. The van der Waals surface area contributed by atoms with Gasteiger partial charge in [0, 0.05) is 18.5 Å². The highest BCUT2D eigenvalue weighted by Gasteiger charge is 2.45. The number of esters is 1. The van der Waals surface area contributed by atoms with E-state index in [0.717, 1.165) is 48.1 Å². The Morgan fingerprint density at radius 3 is 2.36 bits per heavy atom. The van der Waals surface area contributed by atoms with Gasteiger partial charge in [-0.2, -0.15) is 4.31 Å². The van der Waals surface area contributed by atoms with Crippen molar-refractivity contribution < 1.29 is 27.4 Å². The first-order valence-electron chi connectivity index (χ1n) is 13.4. The standard InChI is InChI=1S/C31H35NO6S/c1-4-37-30(33)20-38-29-14-12-27(17-22(29)2)39(34,35)32-19-25-18-24(23-7-10-26(36-3)11-8-23)9-13-28(25)31(21-32)15-5-6-16-31/h7-14,17-18H,4-6,15-16,19-21H2,1-3H3. The van der Waals surface area contributed by atoms with Gasteiger partial charge in [0.25, 0.3) is 0 Å². The van der Waals surface area contributed by atoms with Crippen LogP contribution in [-0.4, -0.2) is 45.6 Å². The number of carbonyl (C=O) groups is 1. The topological polar surface area (TPSA) is 82.1 Å². The third kappa shape index (κ3) is 5.40. The molecule has 1 spiro atoms. The number of rotatable bonds is 8. The van der Waals surface area contributed by atoms with Crippen LogP contribution in [0.25, 0.3) is 11.1 Å². The van der Waals surface area contributed by atoms with Crippen molar-refractivity contribution in [2.45, 2.75) is 56.4 Å². The molecule has 5 rings (SSSR count). The third-order valence-corrected chi connectivity index (χ3v) is 9.71. The molecule has 1 aliphatic heterocycles. The average molecular weight is 550 g/mol. The van der Waals surface area contributed by atoms with E-state index >= 15 is 0 Å². The molecule has 2 aliphatic rings. The van der Waals surface area contributed by atoms with Crippen LogP contribution < -0.4 is 9.47 Å². The van der Waals surface area contributed by atoms with E-state index in [2.05, 4.69) is 18.2 Å². The maximum absolute atomic E-state index is 14.0. The van der Waals surface area contributed by atoms with E-state index < -0.39 is 16.0 Å². The van der Waals surface area contributed by atoms with Crippen molar-refractivity contribution in [1.29, 1.82) is 0 Å². The van der Waals surface area contributed by atoms with Crippen LogP contribution in [0.2, 0.25) is 0 Å². The summed E-state index contributed by atoms with van der Waals surface area (Å²) in [6.07, 6.45) is 4.15. The van der Waals surface area contributed by atoms with E-state index in [9.17, 15) is 13.2 Å². The first kappa shape index (κ1) is 27.2. The van der Waals surface area contributed by atoms with Crippen molar-refractivity contribution in [1.82, 2.24) is 4.31 Å². The fraction of sp³-hybridized carbons (Fsp3) is 0.387. The molecule has 0 atom stereocenters. The van der Waals surface area contributed by atoms with Gasteiger partial charge in [-0.05, 0) is 90.9 Å². The highest BCUT2D eigenvalue weighted by Crippen LogP contribution is 2.48. The molecule has 1 fully saturated rings. The summed E-state index contributed by atoms with van der Waals surface area (Å²) in [5.41, 5.74) is 4.94. The third-order valence-electron chi connectivity index (χ3n) is 7.92. The fourth-order valence-electron chi connectivity index (χ4n) is 5.96. The van der Waals surface area contributed by atoms with Gasteiger partial charge in [-0.3, -0.25) is 0 Å². The summed E-state index contributed by atoms with van der Waals surface area (Å²) in [5.74, 6) is 0.797. The Kier molecular flexibility index (Phi) is 7.69. The molecule has 0 saturated heterocycles. The van der Waals surface area contributed by atoms with Gasteiger partial charge in [0.15, 0.2) is 6.61 Å². The van der Waals surface area contributed by atoms with Crippen LogP contribution in [-0.2, 0) is 31.5 Å². The quantitative estimate of drug-likeness (QED) is 0.339. The monoisotopic (exact) mass is 549 g/mol. The van der Waals surface area contributed by atoms with E-state index in [0.29, 0.717) is 24.4 Å². The second-order valence-electron chi connectivity index (χ2n) is 10.4. The zero-order valence-corrected chi connectivity index (χ0v) is 23.6. The van der Waals surface area contributed by atoms with Gasteiger partial charge in [0.2, 0.25) is 10.0 Å². The highest BCUT2D eigenvalue weighted by atomic mass is 32.2. The Labute approximate surface area is 230 Å². The number of fused-ring (bicyclic) bond motifs is 2. The van der Waals surface area contributed by atoms with Crippen LogP contribution >= 0.6 is 0 Å². The minimum atomic E-state index is -3.76. The minimum absolute atomic E-state index is 0.170. The molecule has 39 heavy (non-hydrogen) atoms. The van der Waals surface area contributed by atoms with Gasteiger partial charge in [-0.25, -0.2) is 13.2 Å². The van der Waals surface area contributed by atoms with Gasteiger partial charge in [-0.1, -0.05) is 37.1 Å². The number of aryl methyl sites for hydroxylation is 1. The van der Waals surface area contributed by atoms with Crippen LogP contribution in [0.4, 0.5) is 0 Å². The maximum Gasteiger partial charge on any atom is 0.344 e. The van der Waals surface area contributed by atoms with Crippen molar-refractivity contribution in [3.05, 3.63) is 77.4 Å². The largest absolute Gasteiger partial charge is 0.497 e. The van der Waals surface area contributed by atoms with Gasteiger partial charge in [0.05, 0.1) is 18.6 Å². The molecule has 0 bridgehead atoms. The minimum Gasteiger partial charge on any atom is -0.497 e. The molecule has 0 N–H and O–H groups in total. The van der Waals surface area contributed by atoms with E-state index in [-0.39, 0.29) is 23.5 Å². The van der Waals surface area contributed by atoms with Crippen molar-refractivity contribution in [3.8, 4) is 22.6 Å². The molecule has 1 aliphatic carbocycles. The number of nitrogens with zero attached hydrogens (tertiary/aromatic N) is 1. The number of sulfonamides is 1. The van der Waals surface area contributed by atoms with Crippen molar-refractivity contribution in [2.75, 3.05) is 26.9 Å². The van der Waals surface area contributed by atoms with Gasteiger partial charge < -0.3 is 14.2 Å².